The third kappa shape index (κ3) is 6.74. The van der Waals surface area contributed by atoms with E-state index >= 15 is 0 Å². The molecule has 0 radical (unpaired) electrons. The van der Waals surface area contributed by atoms with E-state index in [1.807, 2.05) is 5.38 Å². The van der Waals surface area contributed by atoms with Gasteiger partial charge in [-0.05, 0) is 45.2 Å². The summed E-state index contributed by atoms with van der Waals surface area (Å²) in [7, 11) is 0. The van der Waals surface area contributed by atoms with Crippen LogP contribution in [0.2, 0.25) is 10.2 Å². The SMILES string of the molecule is C[C@H](NC(=O)OC(C)(C)C)C(Cc1sccc1Cl)Nc1nc(Cl)c(C#N)cc1F. The van der Waals surface area contributed by atoms with Crippen molar-refractivity contribution in [3.8, 4) is 6.07 Å². The number of nitrogens with zero attached hydrogens (tertiary/aromatic N) is 2. The topological polar surface area (TPSA) is 87.0 Å². The second kappa shape index (κ2) is 9.61. The van der Waals surface area contributed by atoms with Crippen molar-refractivity contribution in [3.63, 3.8) is 0 Å². The van der Waals surface area contributed by atoms with Crippen molar-refractivity contribution in [3.05, 3.63) is 43.9 Å². The number of aromatic nitrogens is 1. The van der Waals surface area contributed by atoms with E-state index in [0.29, 0.717) is 11.4 Å². The molecule has 2 heterocycles. The van der Waals surface area contributed by atoms with Gasteiger partial charge in [0.05, 0.1) is 16.6 Å². The fourth-order valence-electron chi connectivity index (χ4n) is 2.44. The molecule has 1 amide bonds. The average molecular weight is 459 g/mol. The molecule has 2 N–H and O–H groups in total. The van der Waals surface area contributed by atoms with Crippen molar-refractivity contribution in [2.75, 3.05) is 5.32 Å². The number of pyridine rings is 1. The van der Waals surface area contributed by atoms with Crippen LogP contribution >= 0.6 is 34.5 Å². The Morgan fingerprint density at radius 3 is 2.69 bits per heavy atom. The fourth-order valence-corrected chi connectivity index (χ4v) is 3.79. The second-order valence-electron chi connectivity index (χ2n) is 7.35. The molecular weight excluding hydrogens is 438 g/mol. The fraction of sp³-hybridized carbons (Fsp3) is 0.421. The maximum Gasteiger partial charge on any atom is 0.407 e. The zero-order valence-corrected chi connectivity index (χ0v) is 18.7. The Morgan fingerprint density at radius 2 is 2.14 bits per heavy atom. The maximum atomic E-state index is 14.4. The summed E-state index contributed by atoms with van der Waals surface area (Å²) in [4.78, 5) is 17.0. The Bertz CT molecular complexity index is 924. The number of nitrogens with one attached hydrogen (secondary N) is 2. The highest BCUT2D eigenvalue weighted by Gasteiger charge is 2.25. The lowest BCUT2D eigenvalue weighted by Gasteiger charge is -2.28. The number of alkyl carbamates (subject to hydrolysis) is 1. The third-order valence-corrected chi connectivity index (χ3v) is 5.51. The quantitative estimate of drug-likeness (QED) is 0.565. The van der Waals surface area contributed by atoms with Crippen LogP contribution in [0.3, 0.4) is 0 Å². The van der Waals surface area contributed by atoms with Gasteiger partial charge in [0.1, 0.15) is 16.8 Å². The van der Waals surface area contributed by atoms with Crippen LogP contribution in [-0.2, 0) is 11.2 Å². The Labute approximate surface area is 183 Å². The molecule has 2 aromatic heterocycles. The van der Waals surface area contributed by atoms with Gasteiger partial charge >= 0.3 is 6.09 Å². The first-order chi connectivity index (χ1) is 13.5. The van der Waals surface area contributed by atoms with Crippen molar-refractivity contribution >= 4 is 46.4 Å². The van der Waals surface area contributed by atoms with Crippen molar-refractivity contribution in [2.24, 2.45) is 0 Å². The predicted octanol–water partition coefficient (Wildman–Crippen LogP) is 5.40. The van der Waals surface area contributed by atoms with Crippen molar-refractivity contribution in [1.29, 1.82) is 5.26 Å². The van der Waals surface area contributed by atoms with Crippen LogP contribution in [-0.4, -0.2) is 28.8 Å². The number of anilines is 1. The number of thiophene rings is 1. The number of nitriles is 1. The van der Waals surface area contributed by atoms with E-state index in [-0.39, 0.29) is 16.5 Å². The molecule has 156 valence electrons. The molecule has 6 nitrogen and oxygen atoms in total. The van der Waals surface area contributed by atoms with Crippen LogP contribution in [0.4, 0.5) is 15.0 Å². The van der Waals surface area contributed by atoms with Gasteiger partial charge in [-0.2, -0.15) is 5.26 Å². The van der Waals surface area contributed by atoms with Crippen LogP contribution in [0.15, 0.2) is 17.5 Å². The number of hydrogen-bond donors (Lipinski definition) is 2. The number of amides is 1. The highest BCUT2D eigenvalue weighted by molar-refractivity contribution is 7.10. The van der Waals surface area contributed by atoms with E-state index in [1.165, 1.54) is 11.3 Å². The molecule has 0 aliphatic carbocycles. The number of hydrogen-bond acceptors (Lipinski definition) is 6. The molecule has 0 spiro atoms. The molecular formula is C19H21Cl2FN4O2S. The molecule has 2 aromatic rings. The lowest BCUT2D eigenvalue weighted by atomic mass is 10.1. The van der Waals surface area contributed by atoms with E-state index in [2.05, 4.69) is 15.6 Å². The van der Waals surface area contributed by atoms with Gasteiger partial charge in [0.2, 0.25) is 0 Å². The molecule has 0 aromatic carbocycles. The van der Waals surface area contributed by atoms with Crippen molar-refractivity contribution < 1.29 is 13.9 Å². The highest BCUT2D eigenvalue weighted by Crippen LogP contribution is 2.26. The van der Waals surface area contributed by atoms with E-state index in [9.17, 15) is 9.18 Å². The molecule has 0 saturated carbocycles. The van der Waals surface area contributed by atoms with E-state index < -0.39 is 29.6 Å². The molecule has 0 bridgehead atoms. The van der Waals surface area contributed by atoms with Crippen molar-refractivity contribution in [2.45, 2.75) is 51.8 Å². The van der Waals surface area contributed by atoms with E-state index in [0.717, 1.165) is 10.9 Å². The molecule has 0 saturated heterocycles. The summed E-state index contributed by atoms with van der Waals surface area (Å²) in [6.07, 6.45) is -0.202. The Balaban J connectivity index is 2.26. The molecule has 2 rings (SSSR count). The minimum atomic E-state index is -0.724. The molecule has 10 heteroatoms. The zero-order chi connectivity index (χ0) is 21.8. The monoisotopic (exact) mass is 458 g/mol. The van der Waals surface area contributed by atoms with Gasteiger partial charge in [-0.1, -0.05) is 23.2 Å². The van der Waals surface area contributed by atoms with Gasteiger partial charge in [0.15, 0.2) is 11.6 Å². The maximum absolute atomic E-state index is 14.4. The summed E-state index contributed by atoms with van der Waals surface area (Å²) in [6.45, 7) is 7.04. The lowest BCUT2D eigenvalue weighted by molar-refractivity contribution is 0.0503. The average Bonchev–Trinajstić information content (AvgIpc) is 3.00. The molecule has 29 heavy (non-hydrogen) atoms. The van der Waals surface area contributed by atoms with Gasteiger partial charge in [-0.15, -0.1) is 11.3 Å². The first kappa shape index (κ1) is 23.2. The number of ether oxygens (including phenoxy) is 1. The summed E-state index contributed by atoms with van der Waals surface area (Å²) >= 11 is 13.6. The second-order valence-corrected chi connectivity index (χ2v) is 9.12. The Morgan fingerprint density at radius 1 is 1.45 bits per heavy atom. The minimum Gasteiger partial charge on any atom is -0.444 e. The third-order valence-electron chi connectivity index (χ3n) is 3.82. The molecule has 2 atom stereocenters. The molecule has 0 fully saturated rings. The van der Waals surface area contributed by atoms with Crippen LogP contribution in [0.1, 0.15) is 38.1 Å². The summed E-state index contributed by atoms with van der Waals surface area (Å²) in [5.41, 5.74) is -0.717. The largest absolute Gasteiger partial charge is 0.444 e. The van der Waals surface area contributed by atoms with Gasteiger partial charge in [-0.3, -0.25) is 0 Å². The standard InChI is InChI=1S/C19H21Cl2FN4O2S/c1-10(24-18(27)28-19(2,3)4)14(8-15-12(20)5-6-29-15)25-17-13(22)7-11(9-23)16(21)26-17/h5-7,10,14H,8H2,1-4H3,(H,24,27)(H,25,26)/t10-,14?/m0/s1. The van der Waals surface area contributed by atoms with Gasteiger partial charge in [0.25, 0.3) is 0 Å². The van der Waals surface area contributed by atoms with Gasteiger partial charge < -0.3 is 15.4 Å². The molecule has 1 unspecified atom stereocenters. The lowest BCUT2D eigenvalue weighted by Crippen LogP contribution is -2.47. The number of rotatable bonds is 6. The number of carbonyl (C=O) groups is 1. The Kier molecular flexibility index (Phi) is 7.69. The van der Waals surface area contributed by atoms with E-state index in [4.69, 9.17) is 33.2 Å². The normalized spacial score (nSPS) is 13.3. The summed E-state index contributed by atoms with van der Waals surface area (Å²) in [6, 6.07) is 3.60. The summed E-state index contributed by atoms with van der Waals surface area (Å²) in [5, 5.41) is 17.0. The summed E-state index contributed by atoms with van der Waals surface area (Å²) < 4.78 is 19.7. The highest BCUT2D eigenvalue weighted by atomic mass is 35.5. The predicted molar refractivity (Wildman–Crippen MR) is 113 cm³/mol. The van der Waals surface area contributed by atoms with E-state index in [1.54, 1.807) is 39.8 Å². The number of carbonyl (C=O) groups excluding carboxylic acids is 1. The molecule has 0 aliphatic rings. The first-order valence-corrected chi connectivity index (χ1v) is 10.4. The van der Waals surface area contributed by atoms with Crippen LogP contribution in [0.25, 0.3) is 0 Å². The van der Waals surface area contributed by atoms with Gasteiger partial charge in [-0.25, -0.2) is 14.2 Å². The summed E-state index contributed by atoms with van der Waals surface area (Å²) in [5.74, 6) is -0.845. The minimum absolute atomic E-state index is 0.0625. The number of halogens is 3. The van der Waals surface area contributed by atoms with Crippen LogP contribution < -0.4 is 10.6 Å². The van der Waals surface area contributed by atoms with Gasteiger partial charge in [0, 0.05) is 17.3 Å². The first-order valence-electron chi connectivity index (χ1n) is 8.74. The Hall–Kier alpha value is -2.08. The zero-order valence-electron chi connectivity index (χ0n) is 16.3. The van der Waals surface area contributed by atoms with Crippen LogP contribution in [0.5, 0.6) is 0 Å². The smallest absolute Gasteiger partial charge is 0.407 e. The van der Waals surface area contributed by atoms with Crippen molar-refractivity contribution in [1.82, 2.24) is 10.3 Å². The van der Waals surface area contributed by atoms with Crippen LogP contribution in [0, 0.1) is 17.1 Å². The molecule has 0 aliphatic heterocycles.